The van der Waals surface area contributed by atoms with Crippen LogP contribution in [0.25, 0.3) is 16.5 Å². The van der Waals surface area contributed by atoms with E-state index in [1.807, 2.05) is 43.4 Å². The lowest BCUT2D eigenvalue weighted by atomic mass is 9.92. The summed E-state index contributed by atoms with van der Waals surface area (Å²) >= 11 is 6.91. The normalized spacial score (nSPS) is 14.1. The van der Waals surface area contributed by atoms with Gasteiger partial charge in [0.25, 0.3) is 27.7 Å². The second-order valence-corrected chi connectivity index (χ2v) is 17.2. The lowest BCUT2D eigenvalue weighted by Gasteiger charge is -2.39. The first-order chi connectivity index (χ1) is 28.4. The maximum absolute atomic E-state index is 15.2. The number of rotatable bonds is 17. The zero-order valence-corrected chi connectivity index (χ0v) is 36.0. The molecule has 0 saturated carbocycles. The number of carbonyl (C=O) groups is 3. The number of nitrogens with one attached hydrogen (secondary N) is 1. The molecule has 12 nitrogen and oxygen atoms in total. The van der Waals surface area contributed by atoms with Crippen LogP contribution in [0.4, 0.5) is 0 Å². The molecule has 5 aromatic rings. The van der Waals surface area contributed by atoms with Crippen molar-refractivity contribution in [1.29, 1.82) is 0 Å². The molecule has 59 heavy (non-hydrogen) atoms. The van der Waals surface area contributed by atoms with Crippen molar-refractivity contribution in [3.63, 3.8) is 0 Å². The SMILES string of the molecule is CCCCN(CCCC)C(=O)c1nn(-c2ccc(C(=O)NS(=O)(=O)c3ccc4ccccc4c3)cc2C(=O)N2Cc3ccccc3CC2CN(C)CCOC)c(C)c1Cl. The monoisotopic (exact) mass is 840 g/mol. The predicted molar refractivity (Wildman–Crippen MR) is 231 cm³/mol. The Balaban J connectivity index is 1.43. The smallest absolute Gasteiger partial charge is 0.275 e. The molecule has 1 atom stereocenters. The number of likely N-dealkylation sites (N-methyl/N-ethyl adjacent to an activating group) is 1. The first-order valence-electron chi connectivity index (χ1n) is 20.2. The summed E-state index contributed by atoms with van der Waals surface area (Å²) in [5, 5.41) is 6.47. The number of hydrogen-bond acceptors (Lipinski definition) is 8. The molecule has 1 aromatic heterocycles. The fourth-order valence-electron chi connectivity index (χ4n) is 7.47. The van der Waals surface area contributed by atoms with Crippen LogP contribution >= 0.6 is 11.6 Å². The minimum absolute atomic E-state index is 0.0508. The second-order valence-electron chi connectivity index (χ2n) is 15.1. The number of aromatic nitrogens is 2. The lowest BCUT2D eigenvalue weighted by molar-refractivity contribution is 0.0578. The Morgan fingerprint density at radius 2 is 1.58 bits per heavy atom. The van der Waals surface area contributed by atoms with Crippen LogP contribution in [-0.2, 0) is 27.7 Å². The third-order valence-electron chi connectivity index (χ3n) is 10.9. The molecule has 1 aliphatic heterocycles. The molecule has 1 unspecified atom stereocenters. The minimum Gasteiger partial charge on any atom is -0.383 e. The van der Waals surface area contributed by atoms with Gasteiger partial charge in [-0.05, 0) is 85.5 Å². The fourth-order valence-corrected chi connectivity index (χ4v) is 8.67. The second kappa shape index (κ2) is 19.3. The number of sulfonamides is 1. The molecule has 1 N–H and O–H groups in total. The van der Waals surface area contributed by atoms with Crippen LogP contribution < -0.4 is 4.72 Å². The summed E-state index contributed by atoms with van der Waals surface area (Å²) in [6, 6.07) is 24.1. The molecule has 0 spiro atoms. The quantitative estimate of drug-likeness (QED) is 0.103. The van der Waals surface area contributed by atoms with E-state index in [1.54, 1.807) is 42.0 Å². The molecule has 2 heterocycles. The molecule has 0 saturated heterocycles. The first-order valence-corrected chi connectivity index (χ1v) is 22.0. The number of amides is 3. The molecular weight excluding hydrogens is 788 g/mol. The van der Waals surface area contributed by atoms with Crippen LogP contribution in [0.15, 0.2) is 89.8 Å². The number of methoxy groups -OCH3 is 1. The average molecular weight is 841 g/mol. The van der Waals surface area contributed by atoms with Crippen LogP contribution in [0.1, 0.15) is 87.6 Å². The van der Waals surface area contributed by atoms with Gasteiger partial charge in [0.2, 0.25) is 0 Å². The van der Waals surface area contributed by atoms with E-state index in [4.69, 9.17) is 21.4 Å². The van der Waals surface area contributed by atoms with Gasteiger partial charge in [-0.1, -0.05) is 92.9 Å². The highest BCUT2D eigenvalue weighted by Crippen LogP contribution is 2.31. The van der Waals surface area contributed by atoms with Crippen molar-refractivity contribution in [1.82, 2.24) is 29.2 Å². The molecule has 14 heteroatoms. The van der Waals surface area contributed by atoms with Gasteiger partial charge in [-0.15, -0.1) is 0 Å². The van der Waals surface area contributed by atoms with Crippen LogP contribution in [-0.4, -0.2) is 104 Å². The molecule has 0 fully saturated rings. The molecule has 6 rings (SSSR count). The van der Waals surface area contributed by atoms with E-state index in [0.717, 1.165) is 42.2 Å². The molecule has 312 valence electrons. The number of hydrogen-bond donors (Lipinski definition) is 1. The van der Waals surface area contributed by atoms with E-state index in [0.29, 0.717) is 62.5 Å². The zero-order valence-electron chi connectivity index (χ0n) is 34.4. The van der Waals surface area contributed by atoms with Crippen LogP contribution in [0, 0.1) is 6.92 Å². The summed E-state index contributed by atoms with van der Waals surface area (Å²) in [7, 11) is -0.680. The third-order valence-corrected chi connectivity index (χ3v) is 12.7. The van der Waals surface area contributed by atoms with Crippen LogP contribution in [0.2, 0.25) is 5.02 Å². The van der Waals surface area contributed by atoms with Gasteiger partial charge in [-0.25, -0.2) is 17.8 Å². The van der Waals surface area contributed by atoms with Gasteiger partial charge < -0.3 is 19.4 Å². The van der Waals surface area contributed by atoms with Crippen LogP contribution in [0.5, 0.6) is 0 Å². The van der Waals surface area contributed by atoms with Gasteiger partial charge in [0.05, 0.1) is 33.5 Å². The highest BCUT2D eigenvalue weighted by molar-refractivity contribution is 7.90. The van der Waals surface area contributed by atoms with Gasteiger partial charge in [-0.2, -0.15) is 5.10 Å². The summed E-state index contributed by atoms with van der Waals surface area (Å²) in [6.07, 6.45) is 4.07. The average Bonchev–Trinajstić information content (AvgIpc) is 3.54. The summed E-state index contributed by atoms with van der Waals surface area (Å²) in [4.78, 5) is 48.7. The number of fused-ring (bicyclic) bond motifs is 2. The van der Waals surface area contributed by atoms with Gasteiger partial charge >= 0.3 is 0 Å². The van der Waals surface area contributed by atoms with Gasteiger partial charge in [0.1, 0.15) is 0 Å². The number of nitrogens with zero attached hydrogens (tertiary/aromatic N) is 5. The van der Waals surface area contributed by atoms with E-state index < -0.39 is 21.8 Å². The molecule has 0 aliphatic carbocycles. The molecular formula is C45H53ClN6O6S. The van der Waals surface area contributed by atoms with E-state index in [9.17, 15) is 18.0 Å². The summed E-state index contributed by atoms with van der Waals surface area (Å²) in [6.45, 7) is 9.00. The Kier molecular flexibility index (Phi) is 14.2. The number of ether oxygens (including phenoxy) is 1. The Bertz CT molecular complexity index is 2430. The van der Waals surface area contributed by atoms with Crippen molar-refractivity contribution < 1.29 is 27.5 Å². The lowest BCUT2D eigenvalue weighted by Crippen LogP contribution is -2.50. The predicted octanol–water partition coefficient (Wildman–Crippen LogP) is 7.29. The maximum Gasteiger partial charge on any atom is 0.275 e. The van der Waals surface area contributed by atoms with Gasteiger partial charge in [-0.3, -0.25) is 14.4 Å². The van der Waals surface area contributed by atoms with Crippen molar-refractivity contribution >= 4 is 50.1 Å². The molecule has 4 aromatic carbocycles. The van der Waals surface area contributed by atoms with Crippen LogP contribution in [0.3, 0.4) is 0 Å². The Morgan fingerprint density at radius 1 is 0.898 bits per heavy atom. The highest BCUT2D eigenvalue weighted by atomic mass is 35.5. The fraction of sp³-hybridized carbons (Fsp3) is 0.378. The number of carbonyl (C=O) groups excluding carboxylic acids is 3. The van der Waals surface area contributed by atoms with E-state index >= 15 is 4.79 Å². The molecule has 0 bridgehead atoms. The minimum atomic E-state index is -4.31. The van der Waals surface area contributed by atoms with Gasteiger partial charge in [0.15, 0.2) is 5.69 Å². The Hall–Kier alpha value is -5.08. The molecule has 1 aliphatic rings. The van der Waals surface area contributed by atoms with Crippen molar-refractivity contribution in [3.8, 4) is 5.69 Å². The number of unbranched alkanes of at least 4 members (excludes halogenated alkanes) is 2. The standard InChI is InChI=1S/C45H53ClN6O6S/c1-6-8-22-50(23-9-7-2)45(55)42-41(46)31(3)52(47-42)40-21-19-35(43(53)48-59(56,57)38-20-18-32-14-10-11-16-34(32)27-38)28-39(40)44(54)51-29-36-17-13-12-15-33(36)26-37(51)30-49(4)24-25-58-5/h10-21,27-28,37H,6-9,22-26,29-30H2,1-5H3,(H,48,53). The Labute approximate surface area is 352 Å². The van der Waals surface area contributed by atoms with Crippen molar-refractivity contribution in [2.24, 2.45) is 0 Å². The Morgan fingerprint density at radius 3 is 2.27 bits per heavy atom. The van der Waals surface area contributed by atoms with Crippen molar-refractivity contribution in [3.05, 3.63) is 124 Å². The highest BCUT2D eigenvalue weighted by Gasteiger charge is 2.34. The third kappa shape index (κ3) is 9.87. The molecule has 0 radical (unpaired) electrons. The van der Waals surface area contributed by atoms with E-state index in [2.05, 4.69) is 29.5 Å². The first kappa shape index (κ1) is 43.5. The number of benzene rings is 4. The van der Waals surface area contributed by atoms with Crippen molar-refractivity contribution in [2.45, 2.75) is 70.4 Å². The molecule has 3 amide bonds. The number of halogens is 1. The zero-order chi connectivity index (χ0) is 42.3. The summed E-state index contributed by atoms with van der Waals surface area (Å²) < 4.78 is 36.2. The van der Waals surface area contributed by atoms with E-state index in [1.165, 1.54) is 28.9 Å². The summed E-state index contributed by atoms with van der Waals surface area (Å²) in [5.41, 5.74) is 2.99. The summed E-state index contributed by atoms with van der Waals surface area (Å²) in [5.74, 6) is -1.60. The van der Waals surface area contributed by atoms with Crippen molar-refractivity contribution in [2.75, 3.05) is 46.9 Å². The largest absolute Gasteiger partial charge is 0.383 e. The topological polar surface area (TPSA) is 134 Å². The van der Waals surface area contributed by atoms with E-state index in [-0.39, 0.29) is 38.7 Å². The maximum atomic E-state index is 15.2. The van der Waals surface area contributed by atoms with Gasteiger partial charge in [0, 0.05) is 51.4 Å².